The molecule has 0 aromatic heterocycles. The van der Waals surface area contributed by atoms with Crippen LogP contribution >= 0.6 is 0 Å². The van der Waals surface area contributed by atoms with Gasteiger partial charge in [-0.15, -0.1) is 0 Å². The number of rotatable bonds is 7. The summed E-state index contributed by atoms with van der Waals surface area (Å²) in [6.45, 7) is 1.54. The minimum absolute atomic E-state index is 0.302. The van der Waals surface area contributed by atoms with Crippen molar-refractivity contribution in [1.29, 1.82) is 0 Å². The Morgan fingerprint density at radius 3 is 2.16 bits per heavy atom. The maximum Gasteiger partial charge on any atom is 0.326 e. The maximum absolute atomic E-state index is 11.9. The van der Waals surface area contributed by atoms with Crippen LogP contribution in [0.2, 0.25) is 0 Å². The summed E-state index contributed by atoms with van der Waals surface area (Å²) >= 11 is 0. The maximum atomic E-state index is 11.9. The second-order valence-corrected chi connectivity index (χ2v) is 5.38. The summed E-state index contributed by atoms with van der Waals surface area (Å²) in [5.41, 5.74) is 1.40. The molecule has 0 fully saturated rings. The van der Waals surface area contributed by atoms with Crippen molar-refractivity contribution in [3.63, 3.8) is 0 Å². The fourth-order valence-electron chi connectivity index (χ4n) is 2.07. The van der Waals surface area contributed by atoms with Gasteiger partial charge in [0.05, 0.1) is 0 Å². The highest BCUT2D eigenvalue weighted by Crippen LogP contribution is 2.00. The average molecular weight is 340 g/mol. The zero-order chi connectivity index (χ0) is 18.1. The van der Waals surface area contributed by atoms with Gasteiger partial charge in [-0.2, -0.15) is 0 Å². The van der Waals surface area contributed by atoms with E-state index in [9.17, 15) is 14.4 Å². The van der Waals surface area contributed by atoms with Crippen molar-refractivity contribution >= 4 is 17.8 Å². The van der Waals surface area contributed by atoms with Crippen molar-refractivity contribution in [2.75, 3.05) is 6.54 Å². The van der Waals surface area contributed by atoms with Crippen LogP contribution in [0.1, 0.15) is 22.8 Å². The largest absolute Gasteiger partial charge is 0.451 e. The van der Waals surface area contributed by atoms with Crippen molar-refractivity contribution in [3.05, 3.63) is 71.8 Å². The van der Waals surface area contributed by atoms with Crippen molar-refractivity contribution < 1.29 is 19.1 Å². The average Bonchev–Trinajstić information content (AvgIpc) is 2.65. The molecule has 6 nitrogen and oxygen atoms in total. The molecule has 6 heteroatoms. The molecule has 2 aromatic rings. The Morgan fingerprint density at radius 1 is 0.920 bits per heavy atom. The Hall–Kier alpha value is -3.15. The molecule has 0 heterocycles. The van der Waals surface area contributed by atoms with Gasteiger partial charge in [-0.1, -0.05) is 48.5 Å². The van der Waals surface area contributed by atoms with Crippen LogP contribution in [-0.4, -0.2) is 30.4 Å². The molecule has 2 amide bonds. The van der Waals surface area contributed by atoms with Crippen LogP contribution < -0.4 is 10.6 Å². The lowest BCUT2D eigenvalue weighted by atomic mass is 10.2. The van der Waals surface area contributed by atoms with Gasteiger partial charge in [-0.3, -0.25) is 14.4 Å². The van der Waals surface area contributed by atoms with E-state index in [1.807, 2.05) is 30.3 Å². The number of carbonyl (C=O) groups is 3. The molecule has 2 N–H and O–H groups in total. The Bertz CT molecular complexity index is 717. The van der Waals surface area contributed by atoms with E-state index in [4.69, 9.17) is 4.74 Å². The third-order valence-electron chi connectivity index (χ3n) is 3.42. The first-order chi connectivity index (χ1) is 12.1. The smallest absolute Gasteiger partial charge is 0.326 e. The normalized spacial score (nSPS) is 11.2. The van der Waals surface area contributed by atoms with E-state index in [0.717, 1.165) is 5.56 Å². The number of amides is 2. The number of hydrogen-bond donors (Lipinski definition) is 2. The SMILES string of the molecule is C[C@@H](OC(=O)CNC(=O)c1ccccc1)C(=O)NCc1ccccc1. The van der Waals surface area contributed by atoms with E-state index in [2.05, 4.69) is 10.6 Å². The number of ether oxygens (including phenoxy) is 1. The zero-order valence-electron chi connectivity index (χ0n) is 13.9. The molecule has 0 unspecified atom stereocenters. The molecule has 0 aliphatic carbocycles. The van der Waals surface area contributed by atoms with Crippen LogP contribution in [0.25, 0.3) is 0 Å². The Balaban J connectivity index is 1.72. The Kier molecular flexibility index (Phi) is 6.71. The van der Waals surface area contributed by atoms with Gasteiger partial charge in [0.2, 0.25) is 0 Å². The van der Waals surface area contributed by atoms with Gasteiger partial charge in [-0.25, -0.2) is 0 Å². The summed E-state index contributed by atoms with van der Waals surface area (Å²) < 4.78 is 5.02. The standard InChI is InChI=1S/C19H20N2O4/c1-14(18(23)20-12-15-8-4-2-5-9-15)25-17(22)13-21-19(24)16-10-6-3-7-11-16/h2-11,14H,12-13H2,1H3,(H,20,23)(H,21,24)/t14-/m1/s1. The molecule has 0 radical (unpaired) electrons. The van der Waals surface area contributed by atoms with Crippen molar-refractivity contribution in [1.82, 2.24) is 10.6 Å². The highest BCUT2D eigenvalue weighted by Gasteiger charge is 2.18. The van der Waals surface area contributed by atoms with Crippen molar-refractivity contribution in [3.8, 4) is 0 Å². The lowest BCUT2D eigenvalue weighted by Crippen LogP contribution is -2.38. The van der Waals surface area contributed by atoms with Crippen LogP contribution in [0.5, 0.6) is 0 Å². The van der Waals surface area contributed by atoms with E-state index in [1.54, 1.807) is 30.3 Å². The summed E-state index contributed by atoms with van der Waals surface area (Å²) in [5, 5.41) is 5.15. The van der Waals surface area contributed by atoms with Gasteiger partial charge in [-0.05, 0) is 24.6 Å². The Morgan fingerprint density at radius 2 is 1.52 bits per heavy atom. The molecule has 0 aliphatic heterocycles. The molecule has 2 rings (SSSR count). The first-order valence-electron chi connectivity index (χ1n) is 7.90. The fourth-order valence-corrected chi connectivity index (χ4v) is 2.07. The summed E-state index contributed by atoms with van der Waals surface area (Å²) in [6, 6.07) is 17.9. The van der Waals surface area contributed by atoms with E-state index in [0.29, 0.717) is 12.1 Å². The molecule has 0 saturated carbocycles. The molecular formula is C19H20N2O4. The number of benzene rings is 2. The first-order valence-corrected chi connectivity index (χ1v) is 7.90. The first kappa shape index (κ1) is 18.2. The van der Waals surface area contributed by atoms with Crippen molar-refractivity contribution in [2.24, 2.45) is 0 Å². The molecular weight excluding hydrogens is 320 g/mol. The van der Waals surface area contributed by atoms with Crippen LogP contribution in [0, 0.1) is 0 Å². The molecule has 1 atom stereocenters. The van der Waals surface area contributed by atoms with Gasteiger partial charge >= 0.3 is 5.97 Å². The van der Waals surface area contributed by atoms with Gasteiger partial charge < -0.3 is 15.4 Å². The Labute approximate surface area is 146 Å². The van der Waals surface area contributed by atoms with Gasteiger partial charge in [0.1, 0.15) is 6.54 Å². The van der Waals surface area contributed by atoms with Crippen LogP contribution in [0.4, 0.5) is 0 Å². The monoisotopic (exact) mass is 340 g/mol. The molecule has 25 heavy (non-hydrogen) atoms. The number of carbonyl (C=O) groups excluding carboxylic acids is 3. The molecule has 0 saturated heterocycles. The minimum Gasteiger partial charge on any atom is -0.451 e. The quantitative estimate of drug-likeness (QED) is 0.751. The van der Waals surface area contributed by atoms with Gasteiger partial charge in [0.15, 0.2) is 6.10 Å². The second-order valence-electron chi connectivity index (χ2n) is 5.38. The lowest BCUT2D eigenvalue weighted by molar-refractivity contribution is -0.153. The second kappa shape index (κ2) is 9.22. The van der Waals surface area contributed by atoms with Crippen molar-refractivity contribution in [2.45, 2.75) is 19.6 Å². The number of nitrogens with one attached hydrogen (secondary N) is 2. The lowest BCUT2D eigenvalue weighted by Gasteiger charge is -2.14. The molecule has 130 valence electrons. The van der Waals surface area contributed by atoms with Crippen LogP contribution in [-0.2, 0) is 20.9 Å². The molecule has 0 bridgehead atoms. The topological polar surface area (TPSA) is 84.5 Å². The summed E-state index contributed by atoms with van der Waals surface area (Å²) in [5.74, 6) is -1.45. The third kappa shape index (κ3) is 6.10. The number of esters is 1. The predicted octanol–water partition coefficient (Wildman–Crippen LogP) is 1.66. The van der Waals surface area contributed by atoms with Gasteiger partial charge in [0, 0.05) is 12.1 Å². The molecule has 0 spiro atoms. The minimum atomic E-state index is -0.940. The van der Waals surface area contributed by atoms with Gasteiger partial charge in [0.25, 0.3) is 11.8 Å². The highest BCUT2D eigenvalue weighted by atomic mass is 16.5. The zero-order valence-corrected chi connectivity index (χ0v) is 13.9. The van der Waals surface area contributed by atoms with E-state index >= 15 is 0 Å². The molecule has 2 aromatic carbocycles. The summed E-state index contributed by atoms with van der Waals surface area (Å²) in [7, 11) is 0. The summed E-state index contributed by atoms with van der Waals surface area (Å²) in [6.07, 6.45) is -0.940. The van der Waals surface area contributed by atoms with E-state index in [-0.39, 0.29) is 12.5 Å². The predicted molar refractivity (Wildman–Crippen MR) is 92.6 cm³/mol. The third-order valence-corrected chi connectivity index (χ3v) is 3.42. The van der Waals surface area contributed by atoms with E-state index < -0.39 is 18.0 Å². The van der Waals surface area contributed by atoms with Crippen LogP contribution in [0.3, 0.4) is 0 Å². The van der Waals surface area contributed by atoms with Crippen LogP contribution in [0.15, 0.2) is 60.7 Å². The fraction of sp³-hybridized carbons (Fsp3) is 0.211. The van der Waals surface area contributed by atoms with E-state index in [1.165, 1.54) is 6.92 Å². The summed E-state index contributed by atoms with van der Waals surface area (Å²) in [4.78, 5) is 35.5. The molecule has 0 aliphatic rings. The number of hydrogen-bond acceptors (Lipinski definition) is 4. The highest BCUT2D eigenvalue weighted by molar-refractivity contribution is 5.96.